The molecule has 1 amide bonds. The first-order valence-corrected chi connectivity index (χ1v) is 5.56. The van der Waals surface area contributed by atoms with Gasteiger partial charge in [-0.2, -0.15) is 0 Å². The predicted molar refractivity (Wildman–Crippen MR) is 61.9 cm³/mol. The van der Waals surface area contributed by atoms with Crippen LogP contribution in [0.15, 0.2) is 40.8 Å². The molecule has 0 spiro atoms. The van der Waals surface area contributed by atoms with Crippen LogP contribution in [0, 0.1) is 0 Å². The number of nitrogens with one attached hydrogen (secondary N) is 1. The van der Waals surface area contributed by atoms with Gasteiger partial charge in [0.25, 0.3) is 0 Å². The third-order valence-corrected chi connectivity index (χ3v) is 2.82. The molecule has 2 heterocycles. The van der Waals surface area contributed by atoms with Crippen LogP contribution < -0.4 is 5.32 Å². The van der Waals surface area contributed by atoms with Crippen LogP contribution in [-0.2, 0) is 11.3 Å². The maximum atomic E-state index is 10.9. The van der Waals surface area contributed by atoms with Crippen LogP contribution in [0.1, 0.15) is 5.69 Å². The van der Waals surface area contributed by atoms with Crippen molar-refractivity contribution in [2.75, 3.05) is 0 Å². The van der Waals surface area contributed by atoms with E-state index in [4.69, 9.17) is 4.42 Å². The lowest BCUT2D eigenvalue weighted by molar-refractivity contribution is -0.116. The monoisotopic (exact) mass is 234 g/mol. The van der Waals surface area contributed by atoms with Crippen molar-refractivity contribution in [3.8, 4) is 10.8 Å². The predicted octanol–water partition coefficient (Wildman–Crippen LogP) is 2.21. The van der Waals surface area contributed by atoms with Gasteiger partial charge >= 0.3 is 0 Å². The maximum Gasteiger partial charge on any atom is 0.243 e. The van der Waals surface area contributed by atoms with Crippen molar-refractivity contribution >= 4 is 17.2 Å². The van der Waals surface area contributed by atoms with E-state index in [1.54, 1.807) is 6.26 Å². The summed E-state index contributed by atoms with van der Waals surface area (Å²) in [5.74, 6) is 0.541. The molecule has 0 atom stereocenters. The van der Waals surface area contributed by atoms with Gasteiger partial charge in [0.05, 0.1) is 18.5 Å². The fourth-order valence-electron chi connectivity index (χ4n) is 1.15. The van der Waals surface area contributed by atoms with Gasteiger partial charge in [-0.1, -0.05) is 6.58 Å². The van der Waals surface area contributed by atoms with Crippen LogP contribution in [0.5, 0.6) is 0 Å². The Bertz CT molecular complexity index is 488. The summed E-state index contributed by atoms with van der Waals surface area (Å²) in [5.41, 5.74) is 0.812. The second-order valence-electron chi connectivity index (χ2n) is 3.04. The van der Waals surface area contributed by atoms with E-state index in [-0.39, 0.29) is 5.91 Å². The zero-order chi connectivity index (χ0) is 11.4. The molecular formula is C11H10N2O2S. The molecule has 0 radical (unpaired) electrons. The second-order valence-corrected chi connectivity index (χ2v) is 3.90. The average Bonchev–Trinajstić information content (AvgIpc) is 2.95. The number of carbonyl (C=O) groups excluding carboxylic acids is 1. The van der Waals surface area contributed by atoms with Crippen LogP contribution in [0.3, 0.4) is 0 Å². The van der Waals surface area contributed by atoms with E-state index in [0.717, 1.165) is 16.5 Å². The summed E-state index contributed by atoms with van der Waals surface area (Å²) in [5, 5.41) is 5.37. The number of nitrogens with zero attached hydrogens (tertiary/aromatic N) is 1. The van der Waals surface area contributed by atoms with Crippen LogP contribution in [0.4, 0.5) is 0 Å². The van der Waals surface area contributed by atoms with Crippen LogP contribution in [-0.4, -0.2) is 10.9 Å². The van der Waals surface area contributed by atoms with E-state index in [0.29, 0.717) is 6.54 Å². The quantitative estimate of drug-likeness (QED) is 0.825. The molecule has 2 aromatic heterocycles. The molecule has 0 saturated heterocycles. The smallest absolute Gasteiger partial charge is 0.243 e. The Morgan fingerprint density at radius 3 is 3.25 bits per heavy atom. The van der Waals surface area contributed by atoms with Gasteiger partial charge < -0.3 is 9.73 Å². The Morgan fingerprint density at radius 1 is 1.69 bits per heavy atom. The Balaban J connectivity index is 2.03. The summed E-state index contributed by atoms with van der Waals surface area (Å²) in [7, 11) is 0. The average molecular weight is 234 g/mol. The highest BCUT2D eigenvalue weighted by Crippen LogP contribution is 2.23. The third kappa shape index (κ3) is 2.38. The Labute approximate surface area is 96.6 Å². The van der Waals surface area contributed by atoms with E-state index in [2.05, 4.69) is 16.9 Å². The molecule has 82 valence electrons. The minimum atomic E-state index is -0.201. The van der Waals surface area contributed by atoms with Gasteiger partial charge in [-0.05, 0) is 18.2 Å². The largest absolute Gasteiger partial charge is 0.462 e. The van der Waals surface area contributed by atoms with Gasteiger partial charge in [-0.3, -0.25) is 4.79 Å². The molecular weight excluding hydrogens is 224 g/mol. The number of hydrogen-bond donors (Lipinski definition) is 1. The topological polar surface area (TPSA) is 55.1 Å². The number of thiazole rings is 1. The molecule has 2 rings (SSSR count). The molecule has 0 aliphatic carbocycles. The summed E-state index contributed by atoms with van der Waals surface area (Å²) in [6, 6.07) is 3.67. The lowest BCUT2D eigenvalue weighted by atomic mass is 10.4. The van der Waals surface area contributed by atoms with Crippen molar-refractivity contribution in [3.63, 3.8) is 0 Å². The molecule has 2 aromatic rings. The number of aromatic nitrogens is 1. The van der Waals surface area contributed by atoms with Crippen molar-refractivity contribution in [1.29, 1.82) is 0 Å². The number of amides is 1. The number of hydrogen-bond acceptors (Lipinski definition) is 4. The van der Waals surface area contributed by atoms with E-state index in [1.807, 2.05) is 17.5 Å². The lowest BCUT2D eigenvalue weighted by Gasteiger charge is -1.96. The Morgan fingerprint density at radius 2 is 2.56 bits per heavy atom. The van der Waals surface area contributed by atoms with Crippen molar-refractivity contribution in [2.24, 2.45) is 0 Å². The molecule has 0 saturated carbocycles. The summed E-state index contributed by atoms with van der Waals surface area (Å²) >= 11 is 1.48. The zero-order valence-electron chi connectivity index (χ0n) is 8.47. The first kappa shape index (κ1) is 10.6. The van der Waals surface area contributed by atoms with Gasteiger partial charge in [0.15, 0.2) is 10.8 Å². The molecule has 0 aliphatic rings. The molecule has 0 bridgehead atoms. The number of rotatable bonds is 4. The van der Waals surface area contributed by atoms with E-state index in [9.17, 15) is 4.79 Å². The molecule has 4 nitrogen and oxygen atoms in total. The third-order valence-electron chi connectivity index (χ3n) is 1.91. The molecule has 16 heavy (non-hydrogen) atoms. The van der Waals surface area contributed by atoms with E-state index >= 15 is 0 Å². The highest BCUT2D eigenvalue weighted by molar-refractivity contribution is 7.13. The summed E-state index contributed by atoms with van der Waals surface area (Å²) in [6.07, 6.45) is 2.84. The number of furan rings is 1. The first-order chi connectivity index (χ1) is 7.79. The van der Waals surface area contributed by atoms with Crippen LogP contribution in [0.25, 0.3) is 10.8 Å². The lowest BCUT2D eigenvalue weighted by Crippen LogP contribution is -2.20. The van der Waals surface area contributed by atoms with Crippen molar-refractivity contribution in [2.45, 2.75) is 6.54 Å². The molecule has 1 N–H and O–H groups in total. The maximum absolute atomic E-state index is 10.9. The molecule has 0 unspecified atom stereocenters. The van der Waals surface area contributed by atoms with Gasteiger partial charge in [0.2, 0.25) is 5.91 Å². The Kier molecular flexibility index (Phi) is 3.16. The van der Waals surface area contributed by atoms with Crippen LogP contribution >= 0.6 is 11.3 Å². The summed E-state index contributed by atoms with van der Waals surface area (Å²) < 4.78 is 5.22. The fourth-order valence-corrected chi connectivity index (χ4v) is 1.94. The first-order valence-electron chi connectivity index (χ1n) is 4.68. The highest BCUT2D eigenvalue weighted by atomic mass is 32.1. The summed E-state index contributed by atoms with van der Waals surface area (Å²) in [6.45, 7) is 3.78. The fraction of sp³-hybridized carbons (Fsp3) is 0.0909. The van der Waals surface area contributed by atoms with Gasteiger partial charge in [-0.25, -0.2) is 4.98 Å². The Hall–Kier alpha value is -1.88. The second kappa shape index (κ2) is 4.76. The molecule has 0 aliphatic heterocycles. The van der Waals surface area contributed by atoms with Crippen molar-refractivity contribution in [3.05, 3.63) is 42.1 Å². The normalized spacial score (nSPS) is 10.0. The van der Waals surface area contributed by atoms with E-state index in [1.165, 1.54) is 17.4 Å². The zero-order valence-corrected chi connectivity index (χ0v) is 9.29. The van der Waals surface area contributed by atoms with Crippen LogP contribution in [0.2, 0.25) is 0 Å². The molecule has 0 aromatic carbocycles. The number of carbonyl (C=O) groups is 1. The minimum absolute atomic E-state index is 0.201. The molecule has 5 heteroatoms. The minimum Gasteiger partial charge on any atom is -0.462 e. The standard InChI is InChI=1S/C11H10N2O2S/c1-2-10(14)12-6-8-7-16-11(13-8)9-4-3-5-15-9/h2-5,7H,1,6H2,(H,12,14). The highest BCUT2D eigenvalue weighted by Gasteiger charge is 2.06. The summed E-state index contributed by atoms with van der Waals surface area (Å²) in [4.78, 5) is 15.3. The molecule has 0 fully saturated rings. The SMILES string of the molecule is C=CC(=O)NCc1csc(-c2ccco2)n1. The van der Waals surface area contributed by atoms with Gasteiger partial charge in [0.1, 0.15) is 0 Å². The van der Waals surface area contributed by atoms with Crippen molar-refractivity contribution in [1.82, 2.24) is 10.3 Å². The van der Waals surface area contributed by atoms with Gasteiger partial charge in [0, 0.05) is 5.38 Å². The van der Waals surface area contributed by atoms with Gasteiger partial charge in [-0.15, -0.1) is 11.3 Å². The van der Waals surface area contributed by atoms with E-state index < -0.39 is 0 Å². The van der Waals surface area contributed by atoms with Crippen molar-refractivity contribution < 1.29 is 9.21 Å².